The quantitative estimate of drug-likeness (QED) is 0.818. The first-order valence-corrected chi connectivity index (χ1v) is 8.27. The number of hydrogen-bond donors (Lipinski definition) is 2. The number of benzene rings is 1. The van der Waals surface area contributed by atoms with E-state index < -0.39 is 12.1 Å². The Hall–Kier alpha value is -2.12. The van der Waals surface area contributed by atoms with Gasteiger partial charge in [-0.2, -0.15) is 0 Å². The summed E-state index contributed by atoms with van der Waals surface area (Å²) in [7, 11) is 3.26. The third-order valence-electron chi connectivity index (χ3n) is 3.70. The summed E-state index contributed by atoms with van der Waals surface area (Å²) >= 11 is 3.40. The fourth-order valence-electron chi connectivity index (χ4n) is 2.09. The van der Waals surface area contributed by atoms with E-state index in [4.69, 9.17) is 4.42 Å². The number of rotatable bonds is 5. The van der Waals surface area contributed by atoms with Gasteiger partial charge >= 0.3 is 6.03 Å². The highest BCUT2D eigenvalue weighted by Gasteiger charge is 2.20. The third kappa shape index (κ3) is 4.69. The van der Waals surface area contributed by atoms with E-state index in [0.29, 0.717) is 6.54 Å². The van der Waals surface area contributed by atoms with Crippen molar-refractivity contribution in [2.75, 3.05) is 14.1 Å². The summed E-state index contributed by atoms with van der Waals surface area (Å²) in [5.74, 6) is 1.15. The summed E-state index contributed by atoms with van der Waals surface area (Å²) in [5.41, 5.74) is 0.984. The average Bonchev–Trinajstić information content (AvgIpc) is 3.02. The van der Waals surface area contributed by atoms with Crippen LogP contribution in [0.1, 0.15) is 12.7 Å². The molecule has 2 N–H and O–H groups in total. The molecule has 2 rings (SSSR count). The van der Waals surface area contributed by atoms with Crippen LogP contribution in [0.2, 0.25) is 0 Å². The molecule has 1 aromatic carbocycles. The van der Waals surface area contributed by atoms with Gasteiger partial charge in [0.2, 0.25) is 5.91 Å². The number of furan rings is 1. The van der Waals surface area contributed by atoms with Gasteiger partial charge in [0.05, 0.1) is 12.6 Å². The molecule has 24 heavy (non-hydrogen) atoms. The fraction of sp³-hybridized carbons (Fsp3) is 0.294. The summed E-state index contributed by atoms with van der Waals surface area (Å²) in [6.45, 7) is 2.19. The maximum atomic E-state index is 12.0. The molecule has 0 aliphatic rings. The van der Waals surface area contributed by atoms with E-state index in [1.54, 1.807) is 14.0 Å². The lowest BCUT2D eigenvalue weighted by Gasteiger charge is -2.22. The molecule has 128 valence electrons. The summed E-state index contributed by atoms with van der Waals surface area (Å²) in [6, 6.07) is 10.6. The topological polar surface area (TPSA) is 74.6 Å². The van der Waals surface area contributed by atoms with Crippen molar-refractivity contribution in [2.24, 2.45) is 0 Å². The largest absolute Gasteiger partial charge is 0.460 e. The van der Waals surface area contributed by atoms with Gasteiger partial charge in [0, 0.05) is 17.1 Å². The van der Waals surface area contributed by atoms with Gasteiger partial charge in [-0.3, -0.25) is 15.0 Å². The Morgan fingerprint density at radius 1 is 1.21 bits per heavy atom. The average molecular weight is 394 g/mol. The van der Waals surface area contributed by atoms with E-state index in [1.165, 1.54) is 7.05 Å². The number of halogens is 1. The van der Waals surface area contributed by atoms with E-state index in [-0.39, 0.29) is 5.91 Å². The van der Waals surface area contributed by atoms with Crippen LogP contribution in [0.25, 0.3) is 11.3 Å². The second-order valence-electron chi connectivity index (χ2n) is 5.43. The van der Waals surface area contributed by atoms with Crippen molar-refractivity contribution in [1.29, 1.82) is 0 Å². The highest BCUT2D eigenvalue weighted by molar-refractivity contribution is 9.10. The van der Waals surface area contributed by atoms with Crippen LogP contribution in [0.4, 0.5) is 4.79 Å². The van der Waals surface area contributed by atoms with Crippen molar-refractivity contribution in [1.82, 2.24) is 15.5 Å². The van der Waals surface area contributed by atoms with E-state index in [1.807, 2.05) is 41.3 Å². The van der Waals surface area contributed by atoms with Crippen molar-refractivity contribution >= 4 is 27.9 Å². The fourth-order valence-corrected chi connectivity index (χ4v) is 2.36. The molecule has 0 saturated heterocycles. The number of likely N-dealkylation sites (N-methyl/N-ethyl adjacent to an activating group) is 1. The Morgan fingerprint density at radius 2 is 1.88 bits per heavy atom. The van der Waals surface area contributed by atoms with Gasteiger partial charge in [0.1, 0.15) is 11.5 Å². The zero-order valence-corrected chi connectivity index (χ0v) is 15.4. The molecule has 1 heterocycles. The minimum atomic E-state index is -0.518. The van der Waals surface area contributed by atoms with Gasteiger partial charge in [-0.25, -0.2) is 4.79 Å². The molecule has 0 aliphatic heterocycles. The van der Waals surface area contributed by atoms with Crippen molar-refractivity contribution in [3.8, 4) is 11.3 Å². The van der Waals surface area contributed by atoms with Crippen LogP contribution in [0, 0.1) is 0 Å². The monoisotopic (exact) mass is 393 g/mol. The molecular weight excluding hydrogens is 374 g/mol. The Morgan fingerprint density at radius 3 is 2.50 bits per heavy atom. The van der Waals surface area contributed by atoms with Crippen molar-refractivity contribution in [2.45, 2.75) is 19.5 Å². The Kier molecular flexibility index (Phi) is 6.16. The Balaban J connectivity index is 1.99. The molecule has 0 fully saturated rings. The molecule has 0 radical (unpaired) electrons. The number of carbonyl (C=O) groups is 2. The molecule has 0 bridgehead atoms. The number of hydrogen-bond acceptors (Lipinski definition) is 4. The maximum Gasteiger partial charge on any atom is 0.321 e. The SMILES string of the molecule is CNC(=O)NC(=O)[C@H](C)N(C)Cc1ccc(-c2ccc(Br)cc2)o1. The van der Waals surface area contributed by atoms with Gasteiger partial charge in [0.25, 0.3) is 0 Å². The molecule has 1 atom stereocenters. The van der Waals surface area contributed by atoms with Gasteiger partial charge in [-0.15, -0.1) is 0 Å². The van der Waals surface area contributed by atoms with Crippen molar-refractivity contribution in [3.63, 3.8) is 0 Å². The van der Waals surface area contributed by atoms with E-state index in [0.717, 1.165) is 21.6 Å². The highest BCUT2D eigenvalue weighted by Crippen LogP contribution is 2.24. The summed E-state index contributed by atoms with van der Waals surface area (Å²) < 4.78 is 6.85. The molecule has 1 aromatic heterocycles. The van der Waals surface area contributed by atoms with Crippen LogP contribution in [0.3, 0.4) is 0 Å². The van der Waals surface area contributed by atoms with Gasteiger partial charge in [0.15, 0.2) is 0 Å². The molecule has 0 spiro atoms. The maximum absolute atomic E-state index is 12.0. The van der Waals surface area contributed by atoms with Crippen LogP contribution >= 0.6 is 15.9 Å². The van der Waals surface area contributed by atoms with E-state index >= 15 is 0 Å². The summed E-state index contributed by atoms with van der Waals surface area (Å²) in [5, 5.41) is 4.62. The third-order valence-corrected chi connectivity index (χ3v) is 4.23. The molecule has 0 saturated carbocycles. The first kappa shape index (κ1) is 18.2. The highest BCUT2D eigenvalue weighted by atomic mass is 79.9. The summed E-state index contributed by atoms with van der Waals surface area (Å²) in [6.07, 6.45) is 0. The smallest absolute Gasteiger partial charge is 0.321 e. The molecule has 0 unspecified atom stereocenters. The second kappa shape index (κ2) is 8.12. The van der Waals surface area contributed by atoms with E-state index in [9.17, 15) is 9.59 Å². The van der Waals surface area contributed by atoms with E-state index in [2.05, 4.69) is 26.6 Å². The zero-order chi connectivity index (χ0) is 17.7. The van der Waals surface area contributed by atoms with Crippen LogP contribution in [0.15, 0.2) is 45.3 Å². The number of carbonyl (C=O) groups excluding carboxylic acids is 2. The lowest BCUT2D eigenvalue weighted by Crippen LogP contribution is -2.47. The first-order valence-electron chi connectivity index (χ1n) is 7.48. The Labute approximate surface area is 149 Å². The molecule has 6 nitrogen and oxygen atoms in total. The van der Waals surface area contributed by atoms with Gasteiger partial charge in [-0.05, 0) is 38.2 Å². The zero-order valence-electron chi connectivity index (χ0n) is 13.8. The number of nitrogens with one attached hydrogen (secondary N) is 2. The van der Waals surface area contributed by atoms with Crippen LogP contribution in [-0.2, 0) is 11.3 Å². The lowest BCUT2D eigenvalue weighted by molar-refractivity contribution is -0.124. The standard InChI is InChI=1S/C17H20BrN3O3/c1-11(16(22)20-17(23)19-2)21(3)10-14-8-9-15(24-14)12-4-6-13(18)7-5-12/h4-9,11H,10H2,1-3H3,(H2,19,20,22,23)/t11-/m0/s1. The van der Waals surface area contributed by atoms with Crippen LogP contribution < -0.4 is 10.6 Å². The molecule has 2 aromatic rings. The van der Waals surface area contributed by atoms with Gasteiger partial charge in [-0.1, -0.05) is 28.1 Å². The van der Waals surface area contributed by atoms with Crippen LogP contribution in [-0.4, -0.2) is 37.0 Å². The number of nitrogens with zero attached hydrogens (tertiary/aromatic N) is 1. The van der Waals surface area contributed by atoms with Gasteiger partial charge < -0.3 is 9.73 Å². The predicted molar refractivity (Wildman–Crippen MR) is 95.4 cm³/mol. The predicted octanol–water partition coefficient (Wildman–Crippen LogP) is 2.99. The molecule has 3 amide bonds. The number of imide groups is 1. The molecular formula is C17H20BrN3O3. The summed E-state index contributed by atoms with van der Waals surface area (Å²) in [4.78, 5) is 25.0. The Bertz CT molecular complexity index is 712. The molecule has 0 aliphatic carbocycles. The van der Waals surface area contributed by atoms with Crippen LogP contribution in [0.5, 0.6) is 0 Å². The number of amides is 3. The molecule has 7 heteroatoms. The number of urea groups is 1. The minimum Gasteiger partial charge on any atom is -0.460 e. The van der Waals surface area contributed by atoms with Crippen molar-refractivity contribution in [3.05, 3.63) is 46.6 Å². The normalized spacial score (nSPS) is 12.0. The van der Waals surface area contributed by atoms with Crippen molar-refractivity contribution < 1.29 is 14.0 Å². The first-order chi connectivity index (χ1) is 11.4. The second-order valence-corrected chi connectivity index (χ2v) is 6.35. The lowest BCUT2D eigenvalue weighted by atomic mass is 10.2. The minimum absolute atomic E-state index is 0.364.